The first kappa shape index (κ1) is 20.4. The van der Waals surface area contributed by atoms with Gasteiger partial charge < -0.3 is 4.74 Å². The minimum Gasteiger partial charge on any atom is -0.473 e. The predicted molar refractivity (Wildman–Crippen MR) is 97.1 cm³/mol. The smallest absolute Gasteiger partial charge is 0.409 e. The highest BCUT2D eigenvalue weighted by atomic mass is 35.5. The number of hydrazine groups is 1. The summed E-state index contributed by atoms with van der Waals surface area (Å²) >= 11 is 5.90. The molecule has 28 heavy (non-hydrogen) atoms. The molecule has 0 saturated carbocycles. The molecule has 1 unspecified atom stereocenters. The first-order valence-electron chi connectivity index (χ1n) is 7.92. The van der Waals surface area contributed by atoms with E-state index >= 15 is 0 Å². The van der Waals surface area contributed by atoms with Gasteiger partial charge in [-0.15, -0.1) is 0 Å². The molecule has 0 fully saturated rings. The lowest BCUT2D eigenvalue weighted by Crippen LogP contribution is -2.45. The van der Waals surface area contributed by atoms with E-state index < -0.39 is 22.1 Å². The third kappa shape index (κ3) is 4.75. The monoisotopic (exact) mass is 433 g/mol. The summed E-state index contributed by atoms with van der Waals surface area (Å²) in [7, 11) is -3.48. The van der Waals surface area contributed by atoms with Crippen LogP contribution in [0, 0.1) is 0 Å². The lowest BCUT2D eigenvalue weighted by Gasteiger charge is -2.23. The first-order valence-corrected chi connectivity index (χ1v) is 10.2. The molecule has 0 spiro atoms. The summed E-state index contributed by atoms with van der Waals surface area (Å²) in [5.41, 5.74) is 2.93. The second-order valence-corrected chi connectivity index (χ2v) is 8.48. The fourth-order valence-electron chi connectivity index (χ4n) is 2.42. The van der Waals surface area contributed by atoms with Gasteiger partial charge in [-0.3, -0.25) is 0 Å². The number of nitrogens with zero attached hydrogens (tertiary/aromatic N) is 2. The molecule has 11 heteroatoms. The van der Waals surface area contributed by atoms with E-state index in [0.717, 1.165) is 23.5 Å². The van der Waals surface area contributed by atoms with Gasteiger partial charge in [0.05, 0.1) is 4.90 Å². The number of anilines is 1. The Labute approximate surface area is 164 Å². The predicted octanol–water partition coefficient (Wildman–Crippen LogP) is 3.45. The van der Waals surface area contributed by atoms with Gasteiger partial charge in [-0.1, -0.05) is 23.7 Å². The number of hydrogen-bond donors (Lipinski definition) is 1. The Kier molecular flexibility index (Phi) is 5.55. The van der Waals surface area contributed by atoms with E-state index in [1.54, 1.807) is 24.3 Å². The molecule has 0 amide bonds. The molecule has 1 aromatic heterocycles. The summed E-state index contributed by atoms with van der Waals surface area (Å²) < 4.78 is 68.1. The quantitative estimate of drug-likeness (QED) is 0.778. The normalized spacial score (nSPS) is 17.5. The van der Waals surface area contributed by atoms with Crippen molar-refractivity contribution in [3.8, 4) is 0 Å². The highest BCUT2D eigenvalue weighted by Crippen LogP contribution is 2.30. The lowest BCUT2D eigenvalue weighted by molar-refractivity contribution is -0.142. The average molecular weight is 434 g/mol. The van der Waals surface area contributed by atoms with Crippen LogP contribution in [0.3, 0.4) is 0 Å². The molecule has 1 atom stereocenters. The fraction of sp³-hybridized carbons (Fsp3) is 0.235. The van der Waals surface area contributed by atoms with E-state index in [0.29, 0.717) is 10.6 Å². The highest BCUT2D eigenvalue weighted by Gasteiger charge is 2.44. The number of alkyl halides is 3. The van der Waals surface area contributed by atoms with E-state index in [1.807, 2.05) is 0 Å². The number of ether oxygens (including phenoxy) is 1. The van der Waals surface area contributed by atoms with E-state index in [2.05, 4.69) is 10.4 Å². The van der Waals surface area contributed by atoms with Crippen molar-refractivity contribution in [1.29, 1.82) is 0 Å². The Bertz CT molecular complexity index is 995. The van der Waals surface area contributed by atoms with Crippen LogP contribution in [-0.4, -0.2) is 31.9 Å². The zero-order chi connectivity index (χ0) is 20.5. The molecular weight excluding hydrogens is 419 g/mol. The molecule has 3 rings (SSSR count). The number of pyridine rings is 1. The van der Waals surface area contributed by atoms with E-state index in [9.17, 15) is 21.6 Å². The van der Waals surface area contributed by atoms with E-state index in [1.165, 1.54) is 12.1 Å². The number of aromatic nitrogens is 1. The summed E-state index contributed by atoms with van der Waals surface area (Å²) in [6, 6.07) is 7.30. The third-order valence-corrected chi connectivity index (χ3v) is 5.14. The zero-order valence-corrected chi connectivity index (χ0v) is 16.0. The molecule has 0 aliphatic carbocycles. The first-order chi connectivity index (χ1) is 13.0. The Morgan fingerprint density at radius 3 is 2.61 bits per heavy atom. The molecule has 6 nitrogen and oxygen atoms in total. The standard InChI is InChI=1S/C17H15ClF3N3O3S/c1-28(25,26)13-5-6-15(22-9-13)24-16(8-14(23-24)17(19,20)21)27-10-11-3-2-4-12(18)7-11/h2-9,14,23H,10H2,1H3. The fourth-order valence-corrected chi connectivity index (χ4v) is 3.20. The summed E-state index contributed by atoms with van der Waals surface area (Å²) in [6.45, 7) is -0.0173. The van der Waals surface area contributed by atoms with Crippen molar-refractivity contribution in [2.24, 2.45) is 0 Å². The molecule has 2 heterocycles. The summed E-state index contributed by atoms with van der Waals surface area (Å²) in [4.78, 5) is 3.89. The van der Waals surface area contributed by atoms with Gasteiger partial charge in [-0.2, -0.15) is 13.2 Å². The number of benzene rings is 1. The van der Waals surface area contributed by atoms with Crippen LogP contribution in [0.5, 0.6) is 0 Å². The number of halogens is 4. The van der Waals surface area contributed by atoms with Crippen molar-refractivity contribution in [2.45, 2.75) is 23.7 Å². The van der Waals surface area contributed by atoms with Gasteiger partial charge in [0, 0.05) is 23.6 Å². The van der Waals surface area contributed by atoms with Crippen LogP contribution in [0.2, 0.25) is 5.02 Å². The third-order valence-electron chi connectivity index (χ3n) is 3.80. The topological polar surface area (TPSA) is 71.5 Å². The van der Waals surface area contributed by atoms with Gasteiger partial charge in [-0.05, 0) is 29.8 Å². The minimum absolute atomic E-state index is 0.0173. The van der Waals surface area contributed by atoms with E-state index in [4.69, 9.17) is 16.3 Å². The van der Waals surface area contributed by atoms with Crippen LogP contribution < -0.4 is 10.4 Å². The van der Waals surface area contributed by atoms with E-state index in [-0.39, 0.29) is 23.2 Å². The van der Waals surface area contributed by atoms with Crippen molar-refractivity contribution in [1.82, 2.24) is 10.4 Å². The molecule has 1 aliphatic heterocycles. The zero-order valence-electron chi connectivity index (χ0n) is 14.4. The van der Waals surface area contributed by atoms with Gasteiger partial charge in [0.15, 0.2) is 9.84 Å². The van der Waals surface area contributed by atoms with Crippen LogP contribution in [0.25, 0.3) is 0 Å². The molecule has 1 aliphatic rings. The number of sulfone groups is 1. The van der Waals surface area contributed by atoms with Gasteiger partial charge in [0.2, 0.25) is 5.88 Å². The Morgan fingerprint density at radius 2 is 2.04 bits per heavy atom. The van der Waals surface area contributed by atoms with Crippen molar-refractivity contribution in [2.75, 3.05) is 11.3 Å². The molecule has 0 saturated heterocycles. The Morgan fingerprint density at radius 1 is 1.29 bits per heavy atom. The van der Waals surface area contributed by atoms with Crippen molar-refractivity contribution in [3.05, 3.63) is 65.1 Å². The largest absolute Gasteiger partial charge is 0.473 e. The molecule has 0 radical (unpaired) electrons. The molecule has 150 valence electrons. The Balaban J connectivity index is 1.84. The van der Waals surface area contributed by atoms with Crippen LogP contribution in [0.1, 0.15) is 5.56 Å². The maximum absolute atomic E-state index is 13.2. The SMILES string of the molecule is CS(=O)(=O)c1ccc(N2NC(C(F)(F)F)C=C2OCc2cccc(Cl)c2)nc1. The van der Waals surface area contributed by atoms with Gasteiger partial charge in [0.1, 0.15) is 18.5 Å². The molecule has 2 aromatic rings. The van der Waals surface area contributed by atoms with Crippen molar-refractivity contribution < 1.29 is 26.3 Å². The van der Waals surface area contributed by atoms with Crippen molar-refractivity contribution in [3.63, 3.8) is 0 Å². The van der Waals surface area contributed by atoms with Gasteiger partial charge in [-0.25, -0.2) is 23.8 Å². The summed E-state index contributed by atoms with van der Waals surface area (Å²) in [5.74, 6) is -0.0570. The number of hydrogen-bond acceptors (Lipinski definition) is 6. The highest BCUT2D eigenvalue weighted by molar-refractivity contribution is 7.90. The van der Waals surface area contributed by atoms with Crippen LogP contribution in [0.15, 0.2) is 59.4 Å². The maximum Gasteiger partial charge on any atom is 0.409 e. The minimum atomic E-state index is -4.55. The average Bonchev–Trinajstić information content (AvgIpc) is 3.04. The van der Waals surface area contributed by atoms with Crippen LogP contribution in [0.4, 0.5) is 19.0 Å². The van der Waals surface area contributed by atoms with Crippen LogP contribution in [-0.2, 0) is 21.2 Å². The lowest BCUT2D eigenvalue weighted by atomic mass is 10.2. The molecule has 0 bridgehead atoms. The summed E-state index contributed by atoms with van der Waals surface area (Å²) in [6.07, 6.45) is -1.58. The molecule has 1 aromatic carbocycles. The molecular formula is C17H15ClF3N3O3S. The second kappa shape index (κ2) is 7.61. The van der Waals surface area contributed by atoms with Crippen LogP contribution >= 0.6 is 11.6 Å². The number of nitrogens with one attached hydrogen (secondary N) is 1. The van der Waals surface area contributed by atoms with Gasteiger partial charge >= 0.3 is 6.18 Å². The summed E-state index contributed by atoms with van der Waals surface area (Å²) in [5, 5.41) is 1.50. The Hall–Kier alpha value is -2.30. The maximum atomic E-state index is 13.2. The molecule has 1 N–H and O–H groups in total. The second-order valence-electron chi connectivity index (χ2n) is 6.03. The number of rotatable bonds is 5. The van der Waals surface area contributed by atoms with Gasteiger partial charge in [0.25, 0.3) is 0 Å². The van der Waals surface area contributed by atoms with Crippen molar-refractivity contribution >= 4 is 27.3 Å².